The minimum absolute atomic E-state index is 0.0766. The van der Waals surface area contributed by atoms with Gasteiger partial charge in [-0.2, -0.15) is 0 Å². The van der Waals surface area contributed by atoms with Crippen LogP contribution in [0.25, 0.3) is 0 Å². The number of ether oxygens (including phenoxy) is 5. The van der Waals surface area contributed by atoms with Crippen LogP contribution in [0.1, 0.15) is 52.9 Å². The Bertz CT molecular complexity index is 1280. The Labute approximate surface area is 231 Å². The third kappa shape index (κ3) is 2.75. The maximum atomic E-state index is 14.2. The molecule has 3 saturated carbocycles. The first-order chi connectivity index (χ1) is 18.8. The number of Topliss-reactive ketones (excluding diaryl/α,β-unsaturated/α-hetero) is 1. The predicted octanol–water partition coefficient (Wildman–Crippen LogP) is 0.0229. The molecule has 4 aliphatic carbocycles. The molecule has 0 amide bonds. The molecule has 14 atom stereocenters. The van der Waals surface area contributed by atoms with Crippen molar-refractivity contribution in [2.75, 3.05) is 6.61 Å². The summed E-state index contributed by atoms with van der Waals surface area (Å²) >= 11 is 0. The van der Waals surface area contributed by atoms with Gasteiger partial charge < -0.3 is 44.1 Å². The van der Waals surface area contributed by atoms with Crippen LogP contribution in [0.2, 0.25) is 0 Å². The van der Waals surface area contributed by atoms with E-state index in [0.717, 1.165) is 5.57 Å². The van der Waals surface area contributed by atoms with E-state index in [1.807, 2.05) is 13.0 Å². The highest BCUT2D eigenvalue weighted by Gasteiger charge is 2.88. The lowest BCUT2D eigenvalue weighted by molar-refractivity contribution is -0.447. The lowest BCUT2D eigenvalue weighted by atomic mass is 9.43. The fourth-order valence-corrected chi connectivity index (χ4v) is 9.99. The van der Waals surface area contributed by atoms with E-state index in [1.54, 1.807) is 13.8 Å². The second-order valence-electron chi connectivity index (χ2n) is 13.7. The molecule has 0 radical (unpaired) electrons. The molecule has 0 bridgehead atoms. The smallest absolute Gasteiger partial charge is 0.331 e. The van der Waals surface area contributed by atoms with Gasteiger partial charge in [-0.3, -0.25) is 4.79 Å². The van der Waals surface area contributed by atoms with Gasteiger partial charge in [-0.1, -0.05) is 18.6 Å². The SMILES string of the molecule is C[C@@H]1C[C@@H](O)[C@]2(O)O[C@@H]3C=C4C[C@@H]5O[C@]56[C@H]([C@H](O)C(=O)[C@]5(C)[C@@H](C7=CC(=O)OC7)CC[C@]65O)[C@@]4(C)C[C@H]3O[C@@H]2O1. The Kier molecular flexibility index (Phi) is 4.95. The van der Waals surface area contributed by atoms with E-state index in [1.165, 1.54) is 6.08 Å². The number of cyclic esters (lactones) is 1. The summed E-state index contributed by atoms with van der Waals surface area (Å²) in [6.07, 6.45) is -0.777. The summed E-state index contributed by atoms with van der Waals surface area (Å²) in [5.74, 6) is -4.11. The molecule has 6 fully saturated rings. The van der Waals surface area contributed by atoms with Crippen LogP contribution in [-0.2, 0) is 33.3 Å². The van der Waals surface area contributed by atoms with Gasteiger partial charge in [0.2, 0.25) is 12.1 Å². The Balaban J connectivity index is 1.19. The molecule has 3 saturated heterocycles. The number of aliphatic hydroxyl groups excluding tert-OH is 2. The van der Waals surface area contributed by atoms with Crippen molar-refractivity contribution >= 4 is 11.8 Å². The van der Waals surface area contributed by atoms with Gasteiger partial charge in [0.25, 0.3) is 0 Å². The van der Waals surface area contributed by atoms with Crippen LogP contribution in [0, 0.1) is 22.7 Å². The summed E-state index contributed by atoms with van der Waals surface area (Å²) in [5, 5.41) is 46.2. The molecule has 0 aromatic carbocycles. The average Bonchev–Trinajstić information content (AvgIpc) is 3.33. The number of carbonyl (C=O) groups excluding carboxylic acids is 2. The van der Waals surface area contributed by atoms with Gasteiger partial charge in [-0.25, -0.2) is 4.79 Å². The number of fused-ring (bicyclic) bond motifs is 5. The third-order valence-corrected chi connectivity index (χ3v) is 12.0. The third-order valence-electron chi connectivity index (χ3n) is 12.0. The van der Waals surface area contributed by atoms with Gasteiger partial charge in [-0.05, 0) is 56.4 Å². The van der Waals surface area contributed by atoms with Crippen molar-refractivity contribution < 1.29 is 53.7 Å². The molecule has 40 heavy (non-hydrogen) atoms. The molecule has 4 aliphatic heterocycles. The number of hydrogen-bond donors (Lipinski definition) is 4. The van der Waals surface area contributed by atoms with E-state index in [2.05, 4.69) is 0 Å². The molecule has 218 valence electrons. The highest BCUT2D eigenvalue weighted by molar-refractivity contribution is 5.94. The largest absolute Gasteiger partial charge is 0.458 e. The van der Waals surface area contributed by atoms with Crippen LogP contribution in [-0.4, -0.2) is 98.7 Å². The van der Waals surface area contributed by atoms with E-state index in [-0.39, 0.29) is 19.1 Å². The number of hydrogen-bond acceptors (Lipinski definition) is 11. The summed E-state index contributed by atoms with van der Waals surface area (Å²) in [7, 11) is 0. The lowest BCUT2D eigenvalue weighted by Crippen LogP contribution is -2.75. The minimum Gasteiger partial charge on any atom is -0.458 e. The number of carbonyl (C=O) groups is 2. The molecule has 11 heteroatoms. The van der Waals surface area contributed by atoms with Crippen molar-refractivity contribution in [1.82, 2.24) is 0 Å². The van der Waals surface area contributed by atoms with Gasteiger partial charge in [0.15, 0.2) is 5.78 Å². The molecule has 0 aromatic rings. The van der Waals surface area contributed by atoms with Crippen LogP contribution >= 0.6 is 0 Å². The van der Waals surface area contributed by atoms with Crippen molar-refractivity contribution in [2.24, 2.45) is 22.7 Å². The Morgan fingerprint density at radius 2 is 1.85 bits per heavy atom. The average molecular weight is 561 g/mol. The topological polar surface area (TPSA) is 165 Å². The van der Waals surface area contributed by atoms with E-state index in [9.17, 15) is 30.0 Å². The number of ketones is 1. The van der Waals surface area contributed by atoms with Crippen LogP contribution in [0.4, 0.5) is 0 Å². The van der Waals surface area contributed by atoms with Gasteiger partial charge in [-0.15, -0.1) is 0 Å². The summed E-state index contributed by atoms with van der Waals surface area (Å²) in [5.41, 5.74) is -3.26. The highest BCUT2D eigenvalue weighted by Crippen LogP contribution is 2.76. The molecule has 0 unspecified atom stereocenters. The van der Waals surface area contributed by atoms with Crippen molar-refractivity contribution in [2.45, 2.75) is 113 Å². The summed E-state index contributed by atoms with van der Waals surface area (Å²) in [4.78, 5) is 26.1. The van der Waals surface area contributed by atoms with Crippen molar-refractivity contribution in [1.29, 1.82) is 0 Å². The van der Waals surface area contributed by atoms with E-state index in [0.29, 0.717) is 31.3 Å². The van der Waals surface area contributed by atoms with Gasteiger partial charge in [0, 0.05) is 18.4 Å². The summed E-state index contributed by atoms with van der Waals surface area (Å²) in [6, 6.07) is 0. The maximum absolute atomic E-state index is 14.2. The Hall–Kier alpha value is -1.70. The van der Waals surface area contributed by atoms with Crippen LogP contribution in [0.3, 0.4) is 0 Å². The second-order valence-corrected chi connectivity index (χ2v) is 13.7. The van der Waals surface area contributed by atoms with Gasteiger partial charge >= 0.3 is 5.97 Å². The first-order valence-corrected chi connectivity index (χ1v) is 14.4. The van der Waals surface area contributed by atoms with Crippen molar-refractivity contribution in [3.8, 4) is 0 Å². The minimum atomic E-state index is -2.01. The Morgan fingerprint density at radius 1 is 1.07 bits per heavy atom. The molecule has 0 aromatic heterocycles. The first kappa shape index (κ1) is 26.0. The molecule has 1 spiro atoms. The summed E-state index contributed by atoms with van der Waals surface area (Å²) in [6.45, 7) is 5.55. The Morgan fingerprint density at radius 3 is 2.58 bits per heavy atom. The zero-order chi connectivity index (χ0) is 28.2. The standard InChI is InChI=1S/C29H36O11/c1-12-6-18(30)29(35)24(37-12)38-17-10-25(2)14(8-16(17)39-29)9-19-28(40-19)22(25)21(32)23(33)26(3)15(4-5-27(26,28)34)13-7-20(31)36-11-13/h7-8,12,15-19,21-22,24,30,32,34-35H,4-6,9-11H2,1-3H3/t12-,15-,16-,17-,18-,19+,21+,22-,24+,25+,26+,27-,28+,29+/m1/s1. The quantitative estimate of drug-likeness (QED) is 0.194. The zero-order valence-electron chi connectivity index (χ0n) is 22.7. The molecular formula is C29H36O11. The first-order valence-electron chi connectivity index (χ1n) is 14.4. The summed E-state index contributed by atoms with van der Waals surface area (Å²) < 4.78 is 29.7. The van der Waals surface area contributed by atoms with Crippen LogP contribution < -0.4 is 0 Å². The monoisotopic (exact) mass is 560 g/mol. The number of esters is 1. The highest BCUT2D eigenvalue weighted by atomic mass is 16.8. The molecular weight excluding hydrogens is 524 g/mol. The van der Waals surface area contributed by atoms with Crippen molar-refractivity contribution in [3.63, 3.8) is 0 Å². The lowest BCUT2D eigenvalue weighted by Gasteiger charge is -2.62. The predicted molar refractivity (Wildman–Crippen MR) is 132 cm³/mol. The molecule has 8 aliphatic rings. The van der Waals surface area contributed by atoms with Crippen LogP contribution in [0.5, 0.6) is 0 Å². The zero-order valence-corrected chi connectivity index (χ0v) is 22.7. The van der Waals surface area contributed by atoms with Gasteiger partial charge in [0.1, 0.15) is 36.1 Å². The number of rotatable bonds is 1. The number of aliphatic hydroxyl groups is 4. The van der Waals surface area contributed by atoms with E-state index in [4.69, 9.17) is 23.7 Å². The fraction of sp³-hybridized carbons (Fsp3) is 0.793. The molecule has 11 nitrogen and oxygen atoms in total. The molecule has 8 rings (SSSR count). The van der Waals surface area contributed by atoms with Gasteiger partial charge in [0.05, 0.1) is 23.7 Å². The second kappa shape index (κ2) is 7.62. The molecule has 4 N–H and O–H groups in total. The normalized spacial score (nSPS) is 59.7. The van der Waals surface area contributed by atoms with Crippen LogP contribution in [0.15, 0.2) is 23.3 Å². The van der Waals surface area contributed by atoms with Crippen molar-refractivity contribution in [3.05, 3.63) is 23.3 Å². The van der Waals surface area contributed by atoms with E-state index >= 15 is 0 Å². The fourth-order valence-electron chi connectivity index (χ4n) is 9.99. The number of epoxide rings is 1. The maximum Gasteiger partial charge on any atom is 0.331 e. The molecule has 4 heterocycles. The van der Waals surface area contributed by atoms with E-state index < -0.39 is 88.2 Å².